The highest BCUT2D eigenvalue weighted by Crippen LogP contribution is 2.18. The molecule has 1 atom stereocenters. The highest BCUT2D eigenvalue weighted by atomic mass is 32.2. The first kappa shape index (κ1) is 22.9. The highest BCUT2D eigenvalue weighted by Gasteiger charge is 2.26. The van der Waals surface area contributed by atoms with Gasteiger partial charge < -0.3 is 15.4 Å². The molecule has 1 fully saturated rings. The first-order valence-corrected chi connectivity index (χ1v) is 11.6. The second-order valence-electron chi connectivity index (χ2n) is 7.27. The van der Waals surface area contributed by atoms with E-state index in [9.17, 15) is 18.0 Å². The lowest BCUT2D eigenvalue weighted by molar-refractivity contribution is -0.139. The van der Waals surface area contributed by atoms with Crippen LogP contribution in [0.1, 0.15) is 24.1 Å². The predicted molar refractivity (Wildman–Crippen MR) is 116 cm³/mol. The van der Waals surface area contributed by atoms with E-state index in [1.54, 1.807) is 24.3 Å². The minimum absolute atomic E-state index is 0.233. The minimum atomic E-state index is -3.53. The van der Waals surface area contributed by atoms with Gasteiger partial charge in [0.2, 0.25) is 10.0 Å². The van der Waals surface area contributed by atoms with E-state index in [1.165, 1.54) is 4.31 Å². The third kappa shape index (κ3) is 6.13. The van der Waals surface area contributed by atoms with Crippen LogP contribution in [0.3, 0.4) is 0 Å². The summed E-state index contributed by atoms with van der Waals surface area (Å²) in [5.41, 5.74) is 1.77. The number of benzene rings is 2. The largest absolute Gasteiger partial charge is 0.379 e. The van der Waals surface area contributed by atoms with Crippen molar-refractivity contribution in [1.29, 1.82) is 0 Å². The second-order valence-corrected chi connectivity index (χ2v) is 9.21. The molecule has 0 bridgehead atoms. The number of carbonyl (C=O) groups excluding carboxylic acids is 2. The number of rotatable bonds is 7. The van der Waals surface area contributed by atoms with Crippen molar-refractivity contribution in [2.75, 3.05) is 32.8 Å². The maximum Gasteiger partial charge on any atom is 0.309 e. The average molecular weight is 446 g/mol. The number of ether oxygens (including phenoxy) is 1. The van der Waals surface area contributed by atoms with Crippen LogP contribution in [0.15, 0.2) is 59.5 Å². The van der Waals surface area contributed by atoms with Crippen molar-refractivity contribution in [3.63, 3.8) is 0 Å². The predicted octanol–water partition coefficient (Wildman–Crippen LogP) is 1.24. The monoisotopic (exact) mass is 445 g/mol. The summed E-state index contributed by atoms with van der Waals surface area (Å²) in [6, 6.07) is 15.7. The third-order valence-electron chi connectivity index (χ3n) is 5.08. The summed E-state index contributed by atoms with van der Waals surface area (Å²) < 4.78 is 31.9. The molecule has 3 rings (SSSR count). The number of amides is 2. The van der Waals surface area contributed by atoms with Gasteiger partial charge in [0.1, 0.15) is 0 Å². The van der Waals surface area contributed by atoms with E-state index in [0.717, 1.165) is 11.1 Å². The summed E-state index contributed by atoms with van der Waals surface area (Å²) in [4.78, 5) is 24.3. The Bertz CT molecular complexity index is 988. The number of carbonyl (C=O) groups is 2. The summed E-state index contributed by atoms with van der Waals surface area (Å²) in [5, 5.41) is 5.26. The topological polar surface area (TPSA) is 105 Å². The van der Waals surface area contributed by atoms with Gasteiger partial charge in [-0.15, -0.1) is 0 Å². The fourth-order valence-corrected chi connectivity index (χ4v) is 4.66. The maximum absolute atomic E-state index is 12.6. The lowest BCUT2D eigenvalue weighted by Gasteiger charge is -2.26. The van der Waals surface area contributed by atoms with Crippen LogP contribution in [-0.4, -0.2) is 57.4 Å². The van der Waals surface area contributed by atoms with E-state index in [-0.39, 0.29) is 17.5 Å². The van der Waals surface area contributed by atoms with Gasteiger partial charge in [-0.1, -0.05) is 42.5 Å². The molecule has 0 spiro atoms. The van der Waals surface area contributed by atoms with Crippen LogP contribution < -0.4 is 10.6 Å². The Morgan fingerprint density at radius 2 is 1.65 bits per heavy atom. The van der Waals surface area contributed by atoms with Crippen LogP contribution in [-0.2, 0) is 30.8 Å². The number of morpholine rings is 1. The average Bonchev–Trinajstić information content (AvgIpc) is 2.80. The molecule has 1 aliphatic rings. The van der Waals surface area contributed by atoms with Gasteiger partial charge >= 0.3 is 11.8 Å². The molecule has 1 saturated heterocycles. The Labute approximate surface area is 182 Å². The van der Waals surface area contributed by atoms with Gasteiger partial charge in [0.25, 0.3) is 0 Å². The minimum Gasteiger partial charge on any atom is -0.379 e. The van der Waals surface area contributed by atoms with Crippen LogP contribution in [0.5, 0.6) is 0 Å². The molecule has 1 unspecified atom stereocenters. The Morgan fingerprint density at radius 3 is 2.29 bits per heavy atom. The summed E-state index contributed by atoms with van der Waals surface area (Å²) in [5.74, 6) is -1.39. The standard InChI is InChI=1S/C22H27N3O5S/c1-17(19-5-3-2-4-6-19)24-22(27)21(26)23-12-11-18-7-9-20(10-8-18)31(28,29)25-13-15-30-16-14-25/h2-10,17H,11-16H2,1H3,(H,23,26)(H,24,27). The van der Waals surface area contributed by atoms with Crippen molar-refractivity contribution in [2.24, 2.45) is 0 Å². The molecule has 2 aromatic rings. The summed E-state index contributed by atoms with van der Waals surface area (Å²) in [6.07, 6.45) is 0.477. The van der Waals surface area contributed by atoms with Crippen molar-refractivity contribution in [1.82, 2.24) is 14.9 Å². The molecule has 166 valence electrons. The molecule has 9 heteroatoms. The van der Waals surface area contributed by atoms with Gasteiger partial charge in [-0.05, 0) is 36.6 Å². The third-order valence-corrected chi connectivity index (χ3v) is 7.00. The molecular formula is C22H27N3O5S. The van der Waals surface area contributed by atoms with Crippen molar-refractivity contribution in [3.05, 3.63) is 65.7 Å². The lowest BCUT2D eigenvalue weighted by Crippen LogP contribution is -2.41. The zero-order valence-corrected chi connectivity index (χ0v) is 18.2. The van der Waals surface area contributed by atoms with Crippen LogP contribution >= 0.6 is 0 Å². The Hall–Kier alpha value is -2.75. The summed E-state index contributed by atoms with van der Waals surface area (Å²) in [6.45, 7) is 3.57. The highest BCUT2D eigenvalue weighted by molar-refractivity contribution is 7.89. The van der Waals surface area contributed by atoms with Crippen molar-refractivity contribution in [3.8, 4) is 0 Å². The Balaban J connectivity index is 1.47. The van der Waals surface area contributed by atoms with Crippen LogP contribution in [0, 0.1) is 0 Å². The molecule has 2 N–H and O–H groups in total. The quantitative estimate of drug-likeness (QED) is 0.624. The molecule has 31 heavy (non-hydrogen) atoms. The van der Waals surface area contributed by atoms with Gasteiger partial charge in [0.05, 0.1) is 24.2 Å². The normalized spacial score (nSPS) is 15.8. The van der Waals surface area contributed by atoms with E-state index < -0.39 is 21.8 Å². The Kier molecular flexibility index (Phi) is 7.78. The molecule has 0 radical (unpaired) electrons. The number of hydrogen-bond donors (Lipinski definition) is 2. The Morgan fingerprint density at radius 1 is 1.00 bits per heavy atom. The smallest absolute Gasteiger partial charge is 0.309 e. The molecule has 0 aliphatic carbocycles. The molecule has 1 heterocycles. The molecule has 2 aromatic carbocycles. The first-order chi connectivity index (χ1) is 14.9. The molecule has 1 aliphatic heterocycles. The van der Waals surface area contributed by atoms with Gasteiger partial charge in [-0.3, -0.25) is 9.59 Å². The van der Waals surface area contributed by atoms with Crippen molar-refractivity contribution < 1.29 is 22.7 Å². The summed E-state index contributed by atoms with van der Waals surface area (Å²) >= 11 is 0. The van der Waals surface area contributed by atoms with Crippen molar-refractivity contribution >= 4 is 21.8 Å². The lowest BCUT2D eigenvalue weighted by atomic mass is 10.1. The second kappa shape index (κ2) is 10.5. The van der Waals surface area contributed by atoms with E-state index in [1.807, 2.05) is 37.3 Å². The summed E-state index contributed by atoms with van der Waals surface area (Å²) in [7, 11) is -3.53. The molecule has 0 saturated carbocycles. The van der Waals surface area contributed by atoms with E-state index in [0.29, 0.717) is 32.7 Å². The van der Waals surface area contributed by atoms with Crippen LogP contribution in [0.2, 0.25) is 0 Å². The van der Waals surface area contributed by atoms with E-state index in [4.69, 9.17) is 4.74 Å². The number of hydrogen-bond acceptors (Lipinski definition) is 5. The number of nitrogens with one attached hydrogen (secondary N) is 2. The zero-order chi connectivity index (χ0) is 22.3. The SMILES string of the molecule is CC(NC(=O)C(=O)NCCc1ccc(S(=O)(=O)N2CCOCC2)cc1)c1ccccc1. The van der Waals surface area contributed by atoms with Crippen molar-refractivity contribution in [2.45, 2.75) is 24.3 Å². The number of sulfonamides is 1. The van der Waals surface area contributed by atoms with E-state index in [2.05, 4.69) is 10.6 Å². The molecule has 8 nitrogen and oxygen atoms in total. The fraction of sp³-hybridized carbons (Fsp3) is 0.364. The molecule has 0 aromatic heterocycles. The maximum atomic E-state index is 12.6. The fourth-order valence-electron chi connectivity index (χ4n) is 3.25. The van der Waals surface area contributed by atoms with E-state index >= 15 is 0 Å². The molecule has 2 amide bonds. The van der Waals surface area contributed by atoms with Gasteiger partial charge in [-0.25, -0.2) is 8.42 Å². The van der Waals surface area contributed by atoms with Crippen LogP contribution in [0.4, 0.5) is 0 Å². The first-order valence-electron chi connectivity index (χ1n) is 10.2. The van der Waals surface area contributed by atoms with Gasteiger partial charge in [-0.2, -0.15) is 4.31 Å². The number of nitrogens with zero attached hydrogens (tertiary/aromatic N) is 1. The van der Waals surface area contributed by atoms with Crippen LogP contribution in [0.25, 0.3) is 0 Å². The zero-order valence-electron chi connectivity index (χ0n) is 17.4. The molecular weight excluding hydrogens is 418 g/mol. The van der Waals surface area contributed by atoms with Gasteiger partial charge in [0.15, 0.2) is 0 Å². The van der Waals surface area contributed by atoms with Gasteiger partial charge in [0, 0.05) is 19.6 Å².